The number of carbonyl (C=O) groups excluding carboxylic acids is 3. The van der Waals surface area contributed by atoms with Crippen molar-refractivity contribution >= 4 is 45.3 Å². The van der Waals surface area contributed by atoms with Gasteiger partial charge in [-0.05, 0) is 12.1 Å². The SMILES string of the molecule is COC(=O)c1ccccc1.COc1cc(CSC(C)=O)nc(NC(=O)N=S(=O)=O)n1. The van der Waals surface area contributed by atoms with Crippen molar-refractivity contribution in [2.24, 2.45) is 4.36 Å². The lowest BCUT2D eigenvalue weighted by atomic mass is 10.2. The number of rotatable bonds is 5. The lowest BCUT2D eigenvalue weighted by Gasteiger charge is -2.06. The zero-order valence-electron chi connectivity index (χ0n) is 16.2. The highest BCUT2D eigenvalue weighted by atomic mass is 32.2. The molecule has 0 unspecified atom stereocenters. The van der Waals surface area contributed by atoms with Gasteiger partial charge in [-0.25, -0.2) is 14.6 Å². The van der Waals surface area contributed by atoms with E-state index in [0.717, 1.165) is 11.8 Å². The van der Waals surface area contributed by atoms with Crippen LogP contribution in [0.15, 0.2) is 40.8 Å². The van der Waals surface area contributed by atoms with Gasteiger partial charge in [0, 0.05) is 18.7 Å². The van der Waals surface area contributed by atoms with Crippen molar-refractivity contribution in [1.29, 1.82) is 0 Å². The van der Waals surface area contributed by atoms with Gasteiger partial charge >= 0.3 is 22.5 Å². The number of methoxy groups -OCH3 is 2. The van der Waals surface area contributed by atoms with Gasteiger partial charge in [-0.15, -0.1) is 0 Å². The normalized spacial score (nSPS) is 9.43. The molecule has 1 N–H and O–H groups in total. The Kier molecular flexibility index (Phi) is 10.7. The van der Waals surface area contributed by atoms with Gasteiger partial charge in [0.2, 0.25) is 11.8 Å². The van der Waals surface area contributed by atoms with Crippen LogP contribution < -0.4 is 10.1 Å². The Bertz CT molecular complexity index is 1020. The van der Waals surface area contributed by atoms with E-state index in [9.17, 15) is 22.8 Å². The number of benzene rings is 1. The van der Waals surface area contributed by atoms with Crippen molar-refractivity contribution in [2.45, 2.75) is 12.7 Å². The summed E-state index contributed by atoms with van der Waals surface area (Å²) in [4.78, 5) is 40.6. The van der Waals surface area contributed by atoms with Crippen molar-refractivity contribution in [3.8, 4) is 5.88 Å². The molecule has 2 aromatic rings. The molecular formula is C17H18N4O7S2. The summed E-state index contributed by atoms with van der Waals surface area (Å²) < 4.78 is 32.6. The largest absolute Gasteiger partial charge is 0.481 e. The topological polar surface area (TPSA) is 154 Å². The van der Waals surface area contributed by atoms with E-state index in [1.54, 1.807) is 24.3 Å². The van der Waals surface area contributed by atoms with E-state index < -0.39 is 16.5 Å². The van der Waals surface area contributed by atoms with Crippen molar-refractivity contribution in [3.05, 3.63) is 47.7 Å². The summed E-state index contributed by atoms with van der Waals surface area (Å²) in [5.74, 6) is -0.0252. The van der Waals surface area contributed by atoms with E-state index in [0.29, 0.717) is 11.3 Å². The Hall–Kier alpha value is -3.32. The molecule has 1 heterocycles. The average Bonchev–Trinajstić information content (AvgIpc) is 2.71. The van der Waals surface area contributed by atoms with Gasteiger partial charge in [-0.2, -0.15) is 13.4 Å². The third-order valence-electron chi connectivity index (χ3n) is 2.96. The van der Waals surface area contributed by atoms with Crippen LogP contribution in [-0.2, 0) is 25.8 Å². The maximum Gasteiger partial charge on any atom is 0.362 e. The quantitative estimate of drug-likeness (QED) is 0.666. The number of amides is 2. The van der Waals surface area contributed by atoms with Crippen LogP contribution in [0.1, 0.15) is 23.0 Å². The molecule has 0 spiro atoms. The van der Waals surface area contributed by atoms with E-state index in [2.05, 4.69) is 24.4 Å². The van der Waals surface area contributed by atoms with Gasteiger partial charge < -0.3 is 9.47 Å². The maximum atomic E-state index is 11.1. The molecule has 0 atom stereocenters. The van der Waals surface area contributed by atoms with Gasteiger partial charge in [0.05, 0.1) is 25.5 Å². The number of hydrogen-bond acceptors (Lipinski definition) is 10. The minimum absolute atomic E-state index is 0.0927. The summed E-state index contributed by atoms with van der Waals surface area (Å²) in [6.07, 6.45) is 0. The van der Waals surface area contributed by atoms with Crippen LogP contribution in [0.4, 0.5) is 10.7 Å². The predicted molar refractivity (Wildman–Crippen MR) is 109 cm³/mol. The second-order valence-electron chi connectivity index (χ2n) is 5.10. The molecule has 1 aromatic heterocycles. The van der Waals surface area contributed by atoms with Crippen LogP contribution in [0.2, 0.25) is 0 Å². The zero-order valence-corrected chi connectivity index (χ0v) is 17.8. The molecule has 0 aliphatic heterocycles. The molecule has 11 nitrogen and oxygen atoms in total. The van der Waals surface area contributed by atoms with Crippen molar-refractivity contribution in [2.75, 3.05) is 19.5 Å². The van der Waals surface area contributed by atoms with E-state index in [-0.39, 0.29) is 28.7 Å². The lowest BCUT2D eigenvalue weighted by Crippen LogP contribution is -2.11. The summed E-state index contributed by atoms with van der Waals surface area (Å²) in [6.45, 7) is 1.41. The predicted octanol–water partition coefficient (Wildman–Crippen LogP) is 2.33. The number of anilines is 1. The smallest absolute Gasteiger partial charge is 0.362 e. The van der Waals surface area contributed by atoms with Crippen molar-refractivity contribution in [3.63, 3.8) is 0 Å². The summed E-state index contributed by atoms with van der Waals surface area (Å²) in [6, 6.07) is 9.24. The lowest BCUT2D eigenvalue weighted by molar-refractivity contribution is -0.109. The maximum absolute atomic E-state index is 11.1. The Labute approximate surface area is 177 Å². The first kappa shape index (κ1) is 24.7. The summed E-state index contributed by atoms with van der Waals surface area (Å²) in [5.41, 5.74) is 1.03. The van der Waals surface area contributed by atoms with Crippen LogP contribution in [-0.4, -0.2) is 49.7 Å². The number of ether oxygens (including phenoxy) is 2. The summed E-state index contributed by atoms with van der Waals surface area (Å²) in [7, 11) is -0.126. The Morgan fingerprint density at radius 2 is 1.80 bits per heavy atom. The average molecular weight is 454 g/mol. The van der Waals surface area contributed by atoms with Crippen molar-refractivity contribution < 1.29 is 32.3 Å². The first-order valence-electron chi connectivity index (χ1n) is 8.06. The van der Waals surface area contributed by atoms with Gasteiger partial charge in [-0.1, -0.05) is 34.3 Å². The van der Waals surface area contributed by atoms with Crippen LogP contribution in [0.3, 0.4) is 0 Å². The zero-order chi connectivity index (χ0) is 22.5. The number of esters is 1. The molecule has 13 heteroatoms. The number of urea groups is 1. The monoisotopic (exact) mass is 454 g/mol. The molecule has 0 radical (unpaired) electrons. The van der Waals surface area contributed by atoms with Gasteiger partial charge in [0.1, 0.15) is 0 Å². The minimum Gasteiger partial charge on any atom is -0.481 e. The number of nitrogens with zero attached hydrogens (tertiary/aromatic N) is 3. The number of nitrogens with one attached hydrogen (secondary N) is 1. The summed E-state index contributed by atoms with van der Waals surface area (Å²) >= 11 is 1.02. The van der Waals surface area contributed by atoms with Crippen LogP contribution in [0.5, 0.6) is 5.88 Å². The number of carbonyl (C=O) groups is 3. The van der Waals surface area contributed by atoms with E-state index >= 15 is 0 Å². The molecule has 0 aliphatic rings. The van der Waals surface area contributed by atoms with Gasteiger partial charge in [0.25, 0.3) is 0 Å². The molecule has 0 aliphatic carbocycles. The number of aromatic nitrogens is 2. The highest BCUT2D eigenvalue weighted by Crippen LogP contribution is 2.17. The van der Waals surface area contributed by atoms with Crippen LogP contribution >= 0.6 is 11.8 Å². The number of hydrogen-bond donors (Lipinski definition) is 1. The molecule has 2 rings (SSSR count). The molecule has 0 saturated carbocycles. The Morgan fingerprint density at radius 1 is 1.13 bits per heavy atom. The van der Waals surface area contributed by atoms with Crippen LogP contribution in [0, 0.1) is 0 Å². The third kappa shape index (κ3) is 9.75. The molecule has 0 saturated heterocycles. The van der Waals surface area contributed by atoms with E-state index in [4.69, 9.17) is 4.74 Å². The minimum atomic E-state index is -2.86. The summed E-state index contributed by atoms with van der Waals surface area (Å²) in [5, 5.41) is 1.99. The molecule has 0 fully saturated rings. The molecule has 0 bridgehead atoms. The molecule has 2 amide bonds. The standard InChI is InChI=1S/C9H10N4O5S2.C8H8O2/c1-5(14)19-4-6-3-7(18-2)11-8(10-6)12-9(15)13-20(16)17;1-10-8(9)7-5-3-2-4-6-7/h3H,4H2,1-2H3,(H,10,11,12,15);2-6H,1H3. The first-order chi connectivity index (χ1) is 14.2. The Morgan fingerprint density at radius 3 is 2.33 bits per heavy atom. The fraction of sp³-hybridized carbons (Fsp3) is 0.235. The highest BCUT2D eigenvalue weighted by molar-refractivity contribution is 8.12. The second-order valence-corrected chi connectivity index (χ2v) is 6.87. The molecular weight excluding hydrogens is 436 g/mol. The van der Waals surface area contributed by atoms with E-state index in [1.165, 1.54) is 27.2 Å². The van der Waals surface area contributed by atoms with Crippen LogP contribution in [0.25, 0.3) is 0 Å². The Balaban J connectivity index is 0.000000375. The third-order valence-corrected chi connectivity index (χ3v) is 4.12. The molecule has 30 heavy (non-hydrogen) atoms. The molecule has 1 aromatic carbocycles. The fourth-order valence-corrected chi connectivity index (χ4v) is 2.44. The van der Waals surface area contributed by atoms with Gasteiger partial charge in [-0.3, -0.25) is 10.1 Å². The molecule has 160 valence electrons. The van der Waals surface area contributed by atoms with Crippen molar-refractivity contribution in [1.82, 2.24) is 9.97 Å². The van der Waals surface area contributed by atoms with Gasteiger partial charge in [0.15, 0.2) is 5.12 Å². The number of thioether (sulfide) groups is 1. The van der Waals surface area contributed by atoms with E-state index in [1.807, 2.05) is 6.07 Å². The fourth-order valence-electron chi connectivity index (χ4n) is 1.76. The first-order valence-corrected chi connectivity index (χ1v) is 10.1. The second kappa shape index (κ2) is 13.0. The highest BCUT2D eigenvalue weighted by Gasteiger charge is 2.09.